The third-order valence-electron chi connectivity index (χ3n) is 10.2. The Hall–Kier alpha value is -1.83. The molecule has 2 aromatic rings. The van der Waals surface area contributed by atoms with Crippen molar-refractivity contribution in [2.45, 2.75) is 116 Å². The number of hydrogen-bond donors (Lipinski definition) is 1. The second kappa shape index (κ2) is 11.3. The first-order valence-electron chi connectivity index (χ1n) is 15.9. The Morgan fingerprint density at radius 1 is 1.05 bits per heavy atom. The minimum absolute atomic E-state index is 0.0547. The predicted molar refractivity (Wildman–Crippen MR) is 174 cm³/mol. The van der Waals surface area contributed by atoms with E-state index in [1.165, 1.54) is 22.3 Å². The lowest BCUT2D eigenvalue weighted by atomic mass is 9.71. The van der Waals surface area contributed by atoms with Gasteiger partial charge in [-0.3, -0.25) is 4.98 Å². The van der Waals surface area contributed by atoms with Gasteiger partial charge >= 0.3 is 0 Å². The van der Waals surface area contributed by atoms with Gasteiger partial charge in [0.1, 0.15) is 6.10 Å². The van der Waals surface area contributed by atoms with E-state index in [-0.39, 0.29) is 27.9 Å². The summed E-state index contributed by atoms with van der Waals surface area (Å²) < 4.78 is 18.6. The van der Waals surface area contributed by atoms with E-state index in [0.717, 1.165) is 55.0 Å². The summed E-state index contributed by atoms with van der Waals surface area (Å²) in [6.45, 7) is 25.7. The number of ether oxygens (including phenoxy) is 2. The maximum Gasteiger partial charge on any atom is 0.192 e. The monoisotopic (exact) mass is 591 g/mol. The van der Waals surface area contributed by atoms with Gasteiger partial charge in [-0.25, -0.2) is 0 Å². The molecular weight excluding hydrogens is 538 g/mol. The molecule has 0 amide bonds. The van der Waals surface area contributed by atoms with E-state index in [9.17, 15) is 5.11 Å². The zero-order valence-electron chi connectivity index (χ0n) is 27.7. The molecule has 3 aliphatic rings. The summed E-state index contributed by atoms with van der Waals surface area (Å²) in [6, 6.07) is 8.53. The smallest absolute Gasteiger partial charge is 0.192 e. The molecular formula is C36H53NO4Si. The number of benzene rings is 1. The highest BCUT2D eigenvalue weighted by Crippen LogP contribution is 2.51. The number of aliphatic hydroxyl groups excluding tert-OH is 1. The summed E-state index contributed by atoms with van der Waals surface area (Å²) in [5.74, 6) is 0.161. The molecule has 2 aliphatic heterocycles. The van der Waals surface area contributed by atoms with Crippen LogP contribution in [0.1, 0.15) is 126 Å². The Morgan fingerprint density at radius 3 is 2.24 bits per heavy atom. The van der Waals surface area contributed by atoms with Gasteiger partial charge in [0.25, 0.3) is 0 Å². The van der Waals surface area contributed by atoms with Gasteiger partial charge in [0.05, 0.1) is 32.5 Å². The molecule has 1 aliphatic carbocycles. The number of fused-ring (bicyclic) bond motifs is 1. The highest BCUT2D eigenvalue weighted by atomic mass is 28.4. The third kappa shape index (κ3) is 5.95. The summed E-state index contributed by atoms with van der Waals surface area (Å²) in [6.07, 6.45) is 4.04. The summed E-state index contributed by atoms with van der Waals surface area (Å²) in [4.78, 5) is 5.43. The van der Waals surface area contributed by atoms with E-state index in [4.69, 9.17) is 18.9 Å². The summed E-state index contributed by atoms with van der Waals surface area (Å²) in [5, 5.41) is 12.4. The molecule has 230 valence electrons. The Bertz CT molecular complexity index is 1330. The number of nitrogens with zero attached hydrogens (tertiary/aromatic N) is 1. The van der Waals surface area contributed by atoms with Crippen molar-refractivity contribution in [1.82, 2.24) is 4.98 Å². The van der Waals surface area contributed by atoms with Crippen LogP contribution in [0.15, 0.2) is 30.3 Å². The first-order chi connectivity index (χ1) is 19.5. The molecule has 1 N–H and O–H groups in total. The first-order valence-corrected chi connectivity index (χ1v) is 18.8. The van der Waals surface area contributed by atoms with E-state index in [1.807, 2.05) is 0 Å². The van der Waals surface area contributed by atoms with Crippen LogP contribution in [-0.4, -0.2) is 44.8 Å². The number of aromatic nitrogens is 1. The topological polar surface area (TPSA) is 60.8 Å². The Morgan fingerprint density at radius 2 is 1.71 bits per heavy atom. The molecule has 1 aromatic heterocycles. The van der Waals surface area contributed by atoms with E-state index < -0.39 is 14.4 Å². The fraction of sp³-hybridized carbons (Fsp3) is 0.639. The van der Waals surface area contributed by atoms with Crippen molar-refractivity contribution in [3.63, 3.8) is 0 Å². The third-order valence-corrected chi connectivity index (χ3v) is 14.7. The lowest BCUT2D eigenvalue weighted by Gasteiger charge is -2.45. The molecule has 2 atom stereocenters. The lowest BCUT2D eigenvalue weighted by molar-refractivity contribution is -0.0500. The molecule has 0 spiro atoms. The molecule has 3 heterocycles. The molecule has 0 bridgehead atoms. The molecule has 42 heavy (non-hydrogen) atoms. The van der Waals surface area contributed by atoms with Gasteiger partial charge in [0, 0.05) is 27.9 Å². The van der Waals surface area contributed by atoms with Crippen LogP contribution in [0.5, 0.6) is 0 Å². The molecule has 1 unspecified atom stereocenters. The van der Waals surface area contributed by atoms with Crippen molar-refractivity contribution < 1.29 is 19.0 Å². The number of hydrogen-bond acceptors (Lipinski definition) is 5. The predicted octanol–water partition coefficient (Wildman–Crippen LogP) is 8.41. The summed E-state index contributed by atoms with van der Waals surface area (Å²) in [7, 11) is -2.11. The SMILES string of the molecule is CC(C)c1nc2c(c(C3=CCOCC3)c1C(O)c1ccc(C3(C)COC3)cc1)[C@H](O[Si](C)(C)C(C)(C)C)CC(C)(C)C2. The Labute approximate surface area is 255 Å². The van der Waals surface area contributed by atoms with Crippen LogP contribution in [-0.2, 0) is 25.7 Å². The van der Waals surface area contributed by atoms with Crippen molar-refractivity contribution in [2.75, 3.05) is 26.4 Å². The molecule has 5 rings (SSSR count). The highest BCUT2D eigenvalue weighted by Gasteiger charge is 2.45. The van der Waals surface area contributed by atoms with Crippen LogP contribution >= 0.6 is 0 Å². The van der Waals surface area contributed by atoms with Crippen molar-refractivity contribution in [3.05, 3.63) is 69.5 Å². The minimum Gasteiger partial charge on any atom is -0.410 e. The number of rotatable bonds is 7. The average molecular weight is 592 g/mol. The highest BCUT2D eigenvalue weighted by molar-refractivity contribution is 6.74. The van der Waals surface area contributed by atoms with Crippen LogP contribution in [0.4, 0.5) is 0 Å². The molecule has 6 heteroatoms. The maximum atomic E-state index is 12.3. The molecule has 1 aromatic carbocycles. The fourth-order valence-electron chi connectivity index (χ4n) is 6.55. The average Bonchev–Trinajstić information content (AvgIpc) is 2.89. The maximum absolute atomic E-state index is 12.3. The second-order valence-corrected chi connectivity index (χ2v) is 20.6. The van der Waals surface area contributed by atoms with Crippen LogP contribution in [0.25, 0.3) is 5.57 Å². The molecule has 1 fully saturated rings. The molecule has 0 radical (unpaired) electrons. The van der Waals surface area contributed by atoms with Gasteiger partial charge in [-0.2, -0.15) is 0 Å². The molecule has 5 nitrogen and oxygen atoms in total. The zero-order chi connectivity index (χ0) is 30.7. The fourth-order valence-corrected chi connectivity index (χ4v) is 7.82. The van der Waals surface area contributed by atoms with Crippen molar-refractivity contribution >= 4 is 13.9 Å². The van der Waals surface area contributed by atoms with Gasteiger partial charge in [-0.1, -0.05) is 85.7 Å². The van der Waals surface area contributed by atoms with E-state index in [2.05, 4.69) is 98.8 Å². The Kier molecular flexibility index (Phi) is 8.47. The minimum atomic E-state index is -2.11. The Balaban J connectivity index is 1.72. The van der Waals surface area contributed by atoms with E-state index in [1.54, 1.807) is 0 Å². The van der Waals surface area contributed by atoms with Crippen LogP contribution < -0.4 is 0 Å². The number of pyridine rings is 1. The van der Waals surface area contributed by atoms with E-state index >= 15 is 0 Å². The normalized spacial score (nSPS) is 22.8. The van der Waals surface area contributed by atoms with Gasteiger partial charge in [0.2, 0.25) is 0 Å². The number of aliphatic hydroxyl groups is 1. The van der Waals surface area contributed by atoms with Gasteiger partial charge in [0.15, 0.2) is 8.32 Å². The van der Waals surface area contributed by atoms with Gasteiger partial charge in [-0.05, 0) is 71.0 Å². The van der Waals surface area contributed by atoms with Gasteiger partial charge < -0.3 is 19.0 Å². The van der Waals surface area contributed by atoms with Crippen LogP contribution in [0, 0.1) is 5.41 Å². The van der Waals surface area contributed by atoms with Crippen molar-refractivity contribution in [3.8, 4) is 0 Å². The van der Waals surface area contributed by atoms with E-state index in [0.29, 0.717) is 13.2 Å². The quantitative estimate of drug-likeness (QED) is 0.328. The summed E-state index contributed by atoms with van der Waals surface area (Å²) in [5.41, 5.74) is 9.01. The van der Waals surface area contributed by atoms with Crippen LogP contribution in [0.3, 0.4) is 0 Å². The molecule has 1 saturated heterocycles. The van der Waals surface area contributed by atoms with Gasteiger partial charge in [-0.15, -0.1) is 0 Å². The van der Waals surface area contributed by atoms with Crippen LogP contribution in [0.2, 0.25) is 18.1 Å². The zero-order valence-corrected chi connectivity index (χ0v) is 28.7. The summed E-state index contributed by atoms with van der Waals surface area (Å²) >= 11 is 0. The van der Waals surface area contributed by atoms with Crippen molar-refractivity contribution in [1.29, 1.82) is 0 Å². The lowest BCUT2D eigenvalue weighted by Crippen LogP contribution is -2.44. The molecule has 0 saturated carbocycles. The largest absolute Gasteiger partial charge is 0.410 e. The standard InChI is InChI=1S/C36H53NO4Si/c1-23(2)32-31(33(38)25-11-13-26(14-12-25)36(8)21-40-22-36)29(24-15-17-39-18-16-24)30-27(37-32)19-35(6,7)20-28(30)41-42(9,10)34(3,4)5/h11-15,23,28,33,38H,16-22H2,1-10H3/t28-,33?/m1/s1. The first kappa shape index (κ1) is 31.6. The second-order valence-electron chi connectivity index (χ2n) is 15.8. The van der Waals surface area contributed by atoms with Crippen molar-refractivity contribution in [2.24, 2.45) is 5.41 Å².